The number of carbonyl (C=O) groups excluding carboxylic acids is 2. The third kappa shape index (κ3) is 6.80. The van der Waals surface area contributed by atoms with Crippen LogP contribution in [0.4, 0.5) is 5.69 Å². The number of nitrogens with one attached hydrogen (secondary N) is 1. The molecule has 1 aliphatic heterocycles. The monoisotopic (exact) mass is 530 g/mol. The number of ether oxygens (including phenoxy) is 1. The third-order valence-electron chi connectivity index (χ3n) is 6.15. The Balaban J connectivity index is 1.92. The summed E-state index contributed by atoms with van der Waals surface area (Å²) in [7, 11) is 1.84. The molecule has 1 N–H and O–H groups in total. The number of thioether (sulfide) groups is 2. The molecule has 2 aromatic carbocycles. The van der Waals surface area contributed by atoms with Crippen molar-refractivity contribution in [2.45, 2.75) is 29.0 Å². The highest BCUT2D eigenvalue weighted by Crippen LogP contribution is 2.38. The number of ketones is 1. The zero-order valence-electron chi connectivity index (χ0n) is 20.0. The molecule has 0 bridgehead atoms. The molecule has 1 saturated heterocycles. The highest BCUT2D eigenvalue weighted by atomic mass is 35.5. The van der Waals surface area contributed by atoms with Crippen molar-refractivity contribution in [1.29, 1.82) is 0 Å². The molecule has 2 aromatic rings. The van der Waals surface area contributed by atoms with Crippen LogP contribution in [0.25, 0.3) is 0 Å². The predicted molar refractivity (Wildman–Crippen MR) is 149 cm³/mol. The Labute approximate surface area is 221 Å². The smallest absolute Gasteiger partial charge is 0.155 e. The van der Waals surface area contributed by atoms with E-state index in [9.17, 15) is 9.59 Å². The molecular formula is C27H31ClN2O3S2. The first kappa shape index (κ1) is 27.6. The molecule has 0 radical (unpaired) electrons. The van der Waals surface area contributed by atoms with Crippen LogP contribution in [0.1, 0.15) is 18.9 Å². The fourth-order valence-electron chi connectivity index (χ4n) is 4.14. The summed E-state index contributed by atoms with van der Waals surface area (Å²) in [5.74, 6) is -0.173. The van der Waals surface area contributed by atoms with Crippen molar-refractivity contribution in [3.05, 3.63) is 82.1 Å². The van der Waals surface area contributed by atoms with E-state index in [1.54, 1.807) is 11.5 Å². The van der Waals surface area contributed by atoms with Crippen molar-refractivity contribution in [1.82, 2.24) is 5.32 Å². The lowest BCUT2D eigenvalue weighted by Crippen LogP contribution is -2.45. The van der Waals surface area contributed by atoms with Crippen molar-refractivity contribution in [2.24, 2.45) is 0 Å². The molecule has 1 fully saturated rings. The van der Waals surface area contributed by atoms with Gasteiger partial charge in [-0.2, -0.15) is 0 Å². The van der Waals surface area contributed by atoms with E-state index in [0.717, 1.165) is 29.9 Å². The molecule has 1 aliphatic rings. The molecule has 0 amide bonds. The fourth-order valence-corrected chi connectivity index (χ4v) is 5.79. The van der Waals surface area contributed by atoms with Crippen molar-refractivity contribution in [2.75, 3.05) is 38.3 Å². The topological polar surface area (TPSA) is 58.6 Å². The van der Waals surface area contributed by atoms with Gasteiger partial charge < -0.3 is 19.7 Å². The average Bonchev–Trinajstić information content (AvgIpc) is 2.90. The number of halogens is 1. The van der Waals surface area contributed by atoms with E-state index < -0.39 is 10.8 Å². The van der Waals surface area contributed by atoms with E-state index in [1.165, 1.54) is 23.5 Å². The van der Waals surface area contributed by atoms with Gasteiger partial charge in [0.05, 0.1) is 23.8 Å². The summed E-state index contributed by atoms with van der Waals surface area (Å²) in [6.45, 7) is 8.91. The van der Waals surface area contributed by atoms with Crippen molar-refractivity contribution < 1.29 is 14.3 Å². The SMILES string of the molecule is C=CS/C=C(\C)C(CC(=O)C(C=O)Sc1ccccc1Cl)(NC)c1ccc(N2CCOCC2)cc1. The summed E-state index contributed by atoms with van der Waals surface area (Å²) in [6.07, 6.45) is 0.817. The first-order chi connectivity index (χ1) is 16.9. The normalized spacial score (nSPS) is 16.9. The molecule has 8 heteroatoms. The number of benzene rings is 2. The van der Waals surface area contributed by atoms with Gasteiger partial charge in [-0.1, -0.05) is 42.4 Å². The van der Waals surface area contributed by atoms with E-state index in [2.05, 4.69) is 41.1 Å². The number of hydrogen-bond acceptors (Lipinski definition) is 7. The summed E-state index contributed by atoms with van der Waals surface area (Å²) in [4.78, 5) is 28.5. The quantitative estimate of drug-likeness (QED) is 0.215. The largest absolute Gasteiger partial charge is 0.378 e. The highest BCUT2D eigenvalue weighted by Gasteiger charge is 2.37. The van der Waals surface area contributed by atoms with E-state index in [1.807, 2.05) is 37.6 Å². The second-order valence-corrected chi connectivity index (χ2v) is 10.6. The van der Waals surface area contributed by atoms with Gasteiger partial charge in [0.2, 0.25) is 0 Å². The molecule has 1 heterocycles. The van der Waals surface area contributed by atoms with E-state index in [0.29, 0.717) is 29.4 Å². The lowest BCUT2D eigenvalue weighted by Gasteiger charge is -2.36. The molecule has 0 aromatic heterocycles. The number of carbonyl (C=O) groups is 2. The molecule has 186 valence electrons. The summed E-state index contributed by atoms with van der Waals surface area (Å²) >= 11 is 8.92. The number of rotatable bonds is 12. The van der Waals surface area contributed by atoms with Crippen LogP contribution < -0.4 is 10.2 Å². The Morgan fingerprint density at radius 1 is 1.23 bits per heavy atom. The van der Waals surface area contributed by atoms with Crippen LogP contribution in [0.5, 0.6) is 0 Å². The van der Waals surface area contributed by atoms with Crippen molar-refractivity contribution in [3.63, 3.8) is 0 Å². The van der Waals surface area contributed by atoms with Gasteiger partial charge in [0.1, 0.15) is 11.5 Å². The molecule has 0 aliphatic carbocycles. The number of anilines is 1. The number of Topliss-reactive ketones (excluding diaryl/α,β-unsaturated/α-hetero) is 1. The second-order valence-electron chi connectivity index (χ2n) is 8.15. The minimum absolute atomic E-state index is 0.112. The van der Waals surface area contributed by atoms with Gasteiger partial charge in [0, 0.05) is 30.1 Å². The molecule has 35 heavy (non-hydrogen) atoms. The highest BCUT2D eigenvalue weighted by molar-refractivity contribution is 8.04. The lowest BCUT2D eigenvalue weighted by molar-refractivity contribution is -0.122. The van der Waals surface area contributed by atoms with Crippen molar-refractivity contribution >= 4 is 52.9 Å². The van der Waals surface area contributed by atoms with Gasteiger partial charge in [-0.15, -0.1) is 23.5 Å². The Morgan fingerprint density at radius 2 is 1.91 bits per heavy atom. The van der Waals surface area contributed by atoms with Crippen LogP contribution in [0.3, 0.4) is 0 Å². The van der Waals surface area contributed by atoms with Gasteiger partial charge in [-0.3, -0.25) is 4.79 Å². The summed E-state index contributed by atoms with van der Waals surface area (Å²) in [6, 6.07) is 15.5. The minimum atomic E-state index is -0.866. The maximum absolute atomic E-state index is 13.5. The van der Waals surface area contributed by atoms with Gasteiger partial charge >= 0.3 is 0 Å². The first-order valence-electron chi connectivity index (χ1n) is 11.4. The van der Waals surface area contributed by atoms with Gasteiger partial charge in [0.25, 0.3) is 0 Å². The maximum atomic E-state index is 13.5. The Kier molecular flexibility index (Phi) is 10.5. The number of aldehydes is 1. The van der Waals surface area contributed by atoms with Crippen LogP contribution in [-0.4, -0.2) is 50.7 Å². The lowest BCUT2D eigenvalue weighted by atomic mass is 9.79. The zero-order chi connectivity index (χ0) is 25.3. The molecule has 3 rings (SSSR count). The molecule has 2 atom stereocenters. The third-order valence-corrected chi connectivity index (χ3v) is 8.51. The number of hydrogen-bond donors (Lipinski definition) is 1. The zero-order valence-corrected chi connectivity index (χ0v) is 22.4. The van der Waals surface area contributed by atoms with Gasteiger partial charge in [0.15, 0.2) is 5.78 Å². The molecular weight excluding hydrogens is 500 g/mol. The summed E-state index contributed by atoms with van der Waals surface area (Å²) < 4.78 is 5.47. The van der Waals surface area contributed by atoms with E-state index in [-0.39, 0.29) is 12.2 Å². The molecule has 2 unspecified atom stereocenters. The molecule has 0 spiro atoms. The number of morpholine rings is 1. The Bertz CT molecular complexity index is 1050. The molecule has 5 nitrogen and oxygen atoms in total. The average molecular weight is 531 g/mol. The second kappa shape index (κ2) is 13.3. The van der Waals surface area contributed by atoms with Gasteiger partial charge in [-0.25, -0.2) is 0 Å². The number of nitrogens with zero attached hydrogens (tertiary/aromatic N) is 1. The van der Waals surface area contributed by atoms with Crippen LogP contribution in [0.2, 0.25) is 5.02 Å². The Morgan fingerprint density at radius 3 is 2.51 bits per heavy atom. The van der Waals surface area contributed by atoms with E-state index >= 15 is 0 Å². The minimum Gasteiger partial charge on any atom is -0.378 e. The van der Waals surface area contributed by atoms with Crippen LogP contribution in [0, 0.1) is 0 Å². The summed E-state index contributed by atoms with van der Waals surface area (Å²) in [5.41, 5.74) is 2.26. The Hall–Kier alpha value is -2.03. The standard InChI is InChI=1S/C27H31ClN2O3S2/c1-4-34-19-20(2)27(29-3,21-9-11-22(12-10-21)30-13-15-33-16-14-30)17-24(32)26(18-31)35-25-8-6-5-7-23(25)28/h4-12,18-19,26,29H,1,13-17H2,2-3H3/b20-19+. The fraction of sp³-hybridized carbons (Fsp3) is 0.333. The van der Waals surface area contributed by atoms with Crippen LogP contribution in [-0.2, 0) is 19.9 Å². The first-order valence-corrected chi connectivity index (χ1v) is 13.6. The maximum Gasteiger partial charge on any atom is 0.155 e. The van der Waals surface area contributed by atoms with Crippen LogP contribution in [0.15, 0.2) is 76.4 Å². The summed E-state index contributed by atoms with van der Waals surface area (Å²) in [5, 5.41) is 6.79. The van der Waals surface area contributed by atoms with Gasteiger partial charge in [-0.05, 0) is 60.2 Å². The number of likely N-dealkylation sites (N-methyl/N-ethyl adjacent to an activating group) is 1. The van der Waals surface area contributed by atoms with E-state index in [4.69, 9.17) is 16.3 Å². The predicted octanol–water partition coefficient (Wildman–Crippen LogP) is 5.69. The van der Waals surface area contributed by atoms with Crippen molar-refractivity contribution in [3.8, 4) is 0 Å². The molecule has 0 saturated carbocycles. The van der Waals surface area contributed by atoms with Crippen LogP contribution >= 0.6 is 35.1 Å².